The number of rotatable bonds is 1. The Morgan fingerprint density at radius 2 is 2.31 bits per heavy atom. The fourth-order valence-corrected chi connectivity index (χ4v) is 3.41. The van der Waals surface area contributed by atoms with E-state index in [4.69, 9.17) is 4.74 Å². The number of hydrogen-bond donors (Lipinski definition) is 0. The van der Waals surface area contributed by atoms with Crippen molar-refractivity contribution in [1.82, 2.24) is 4.90 Å². The van der Waals surface area contributed by atoms with Gasteiger partial charge in [-0.3, -0.25) is 4.21 Å². The van der Waals surface area contributed by atoms with E-state index in [2.05, 4.69) is 11.9 Å². The molecule has 0 N–H and O–H groups in total. The van der Waals surface area contributed by atoms with E-state index in [0.29, 0.717) is 6.04 Å². The maximum Gasteiger partial charge on any atom is 0.130 e. The SMILES string of the molecule is C[C@H]1O[C@@H]([C@H]2CCCN2C)C[S@]1=O. The largest absolute Gasteiger partial charge is 0.359 e. The van der Waals surface area contributed by atoms with Crippen molar-refractivity contribution in [3.05, 3.63) is 0 Å². The lowest BCUT2D eigenvalue weighted by Crippen LogP contribution is -2.38. The molecule has 0 saturated carbocycles. The summed E-state index contributed by atoms with van der Waals surface area (Å²) in [6.07, 6.45) is 2.66. The van der Waals surface area contributed by atoms with Crippen LogP contribution in [0.25, 0.3) is 0 Å². The number of nitrogens with zero attached hydrogens (tertiary/aromatic N) is 1. The molecule has 0 spiro atoms. The highest BCUT2D eigenvalue weighted by Crippen LogP contribution is 2.26. The summed E-state index contributed by atoms with van der Waals surface area (Å²) < 4.78 is 17.1. The first-order valence-corrected chi connectivity index (χ1v) is 6.29. The fourth-order valence-electron chi connectivity index (χ4n) is 2.25. The van der Waals surface area contributed by atoms with Gasteiger partial charge < -0.3 is 9.64 Å². The van der Waals surface area contributed by atoms with Crippen LogP contribution in [0.1, 0.15) is 19.8 Å². The molecule has 13 heavy (non-hydrogen) atoms. The minimum Gasteiger partial charge on any atom is -0.359 e. The molecule has 4 atom stereocenters. The molecule has 0 aromatic heterocycles. The normalized spacial score (nSPS) is 47.2. The molecule has 2 aliphatic rings. The summed E-state index contributed by atoms with van der Waals surface area (Å²) in [5, 5.41) is 0. The van der Waals surface area contributed by atoms with Crippen molar-refractivity contribution in [2.24, 2.45) is 0 Å². The Bertz CT molecular complexity index is 222. The van der Waals surface area contributed by atoms with Crippen LogP contribution in [0, 0.1) is 0 Å². The Labute approximate surface area is 81.9 Å². The summed E-state index contributed by atoms with van der Waals surface area (Å²) in [7, 11) is 1.37. The molecule has 4 heteroatoms. The van der Waals surface area contributed by atoms with E-state index in [1.165, 1.54) is 12.8 Å². The molecule has 2 fully saturated rings. The second kappa shape index (κ2) is 3.67. The first kappa shape index (κ1) is 9.62. The Morgan fingerprint density at radius 3 is 2.77 bits per heavy atom. The highest BCUT2D eigenvalue weighted by atomic mass is 32.2. The quantitative estimate of drug-likeness (QED) is 0.624. The standard InChI is InChI=1S/C9H17NO2S/c1-7-12-9(6-13(7)11)8-4-3-5-10(8)2/h7-9H,3-6H2,1-2H3/t7-,8+,9+,13+/m0/s1. The molecule has 3 nitrogen and oxygen atoms in total. The van der Waals surface area contributed by atoms with Crippen LogP contribution < -0.4 is 0 Å². The monoisotopic (exact) mass is 203 g/mol. The molecule has 0 unspecified atom stereocenters. The molecule has 0 amide bonds. The molecular formula is C9H17NO2S. The zero-order chi connectivity index (χ0) is 9.42. The second-order valence-electron chi connectivity index (χ2n) is 3.98. The summed E-state index contributed by atoms with van der Waals surface area (Å²) in [6, 6.07) is 0.508. The molecule has 76 valence electrons. The lowest BCUT2D eigenvalue weighted by atomic mass is 10.1. The van der Waals surface area contributed by atoms with E-state index in [0.717, 1.165) is 12.3 Å². The van der Waals surface area contributed by atoms with Crippen molar-refractivity contribution in [2.45, 2.75) is 37.3 Å². The lowest BCUT2D eigenvalue weighted by molar-refractivity contribution is 0.0250. The van der Waals surface area contributed by atoms with Gasteiger partial charge in [0.05, 0.1) is 22.7 Å². The molecule has 0 aromatic carbocycles. The molecule has 0 bridgehead atoms. The van der Waals surface area contributed by atoms with Crippen molar-refractivity contribution >= 4 is 10.8 Å². The van der Waals surface area contributed by atoms with Gasteiger partial charge in [0.2, 0.25) is 0 Å². The smallest absolute Gasteiger partial charge is 0.130 e. The molecule has 0 radical (unpaired) electrons. The third kappa shape index (κ3) is 1.80. The third-order valence-electron chi connectivity index (χ3n) is 3.07. The second-order valence-corrected chi connectivity index (χ2v) is 5.74. The summed E-state index contributed by atoms with van der Waals surface area (Å²) in [4.78, 5) is 2.33. The van der Waals surface area contributed by atoms with Crippen molar-refractivity contribution in [2.75, 3.05) is 19.3 Å². The van der Waals surface area contributed by atoms with Gasteiger partial charge in [0.25, 0.3) is 0 Å². The fraction of sp³-hybridized carbons (Fsp3) is 1.00. The number of ether oxygens (including phenoxy) is 1. The summed E-state index contributed by atoms with van der Waals surface area (Å²) in [5.41, 5.74) is -0.0565. The topological polar surface area (TPSA) is 29.5 Å². The Kier molecular flexibility index (Phi) is 2.72. The van der Waals surface area contributed by atoms with E-state index >= 15 is 0 Å². The lowest BCUT2D eigenvalue weighted by Gasteiger charge is -2.24. The molecule has 0 aromatic rings. The average Bonchev–Trinajstić information content (AvgIpc) is 2.60. The zero-order valence-electron chi connectivity index (χ0n) is 8.23. The highest BCUT2D eigenvalue weighted by Gasteiger charge is 2.38. The Balaban J connectivity index is 1.98. The first-order valence-electron chi connectivity index (χ1n) is 4.91. The minimum atomic E-state index is -0.758. The van der Waals surface area contributed by atoms with E-state index < -0.39 is 10.8 Å². The highest BCUT2D eigenvalue weighted by molar-refractivity contribution is 7.85. The van der Waals surface area contributed by atoms with Crippen molar-refractivity contribution < 1.29 is 8.95 Å². The predicted molar refractivity (Wildman–Crippen MR) is 53.0 cm³/mol. The van der Waals surface area contributed by atoms with Gasteiger partial charge in [-0.2, -0.15) is 0 Å². The minimum absolute atomic E-state index is 0.0565. The van der Waals surface area contributed by atoms with Gasteiger partial charge in [0, 0.05) is 6.04 Å². The Morgan fingerprint density at radius 1 is 1.54 bits per heavy atom. The van der Waals surface area contributed by atoms with Crippen LogP contribution in [0.15, 0.2) is 0 Å². The average molecular weight is 203 g/mol. The first-order chi connectivity index (χ1) is 6.18. The van der Waals surface area contributed by atoms with Gasteiger partial charge in [0.1, 0.15) is 5.44 Å². The van der Waals surface area contributed by atoms with Crippen LogP contribution in [0.5, 0.6) is 0 Å². The van der Waals surface area contributed by atoms with Gasteiger partial charge in [-0.1, -0.05) is 0 Å². The van der Waals surface area contributed by atoms with Crippen molar-refractivity contribution in [1.29, 1.82) is 0 Å². The number of hydrogen-bond acceptors (Lipinski definition) is 3. The molecule has 2 aliphatic heterocycles. The molecular weight excluding hydrogens is 186 g/mol. The van der Waals surface area contributed by atoms with Gasteiger partial charge in [-0.15, -0.1) is 0 Å². The van der Waals surface area contributed by atoms with Crippen molar-refractivity contribution in [3.8, 4) is 0 Å². The van der Waals surface area contributed by atoms with Crippen LogP contribution >= 0.6 is 0 Å². The van der Waals surface area contributed by atoms with Crippen LogP contribution in [-0.4, -0.2) is 46.0 Å². The number of likely N-dealkylation sites (tertiary alicyclic amines) is 1. The van der Waals surface area contributed by atoms with E-state index in [1.54, 1.807) is 0 Å². The molecule has 2 rings (SSSR count). The van der Waals surface area contributed by atoms with Crippen LogP contribution in [-0.2, 0) is 15.5 Å². The Hall–Kier alpha value is 0.0700. The third-order valence-corrected chi connectivity index (χ3v) is 4.58. The van der Waals surface area contributed by atoms with E-state index in [1.807, 2.05) is 6.92 Å². The molecule has 0 aliphatic carbocycles. The molecule has 2 saturated heterocycles. The number of likely N-dealkylation sites (N-methyl/N-ethyl adjacent to an activating group) is 1. The van der Waals surface area contributed by atoms with Gasteiger partial charge in [0.15, 0.2) is 0 Å². The maximum absolute atomic E-state index is 11.4. The summed E-state index contributed by atoms with van der Waals surface area (Å²) >= 11 is 0. The summed E-state index contributed by atoms with van der Waals surface area (Å²) in [6.45, 7) is 3.07. The van der Waals surface area contributed by atoms with Crippen LogP contribution in [0.3, 0.4) is 0 Å². The van der Waals surface area contributed by atoms with Crippen LogP contribution in [0.4, 0.5) is 0 Å². The molecule has 2 heterocycles. The van der Waals surface area contributed by atoms with Gasteiger partial charge in [-0.05, 0) is 33.4 Å². The van der Waals surface area contributed by atoms with E-state index in [9.17, 15) is 4.21 Å². The van der Waals surface area contributed by atoms with Gasteiger partial charge in [-0.25, -0.2) is 0 Å². The predicted octanol–water partition coefficient (Wildman–Crippen LogP) is 0.574. The zero-order valence-corrected chi connectivity index (χ0v) is 9.05. The van der Waals surface area contributed by atoms with E-state index in [-0.39, 0.29) is 11.5 Å². The maximum atomic E-state index is 11.4. The summed E-state index contributed by atoms with van der Waals surface area (Å²) in [5.74, 6) is 0.732. The van der Waals surface area contributed by atoms with Crippen LogP contribution in [0.2, 0.25) is 0 Å². The van der Waals surface area contributed by atoms with Crippen molar-refractivity contribution in [3.63, 3.8) is 0 Å². The van der Waals surface area contributed by atoms with Gasteiger partial charge >= 0.3 is 0 Å².